The fraction of sp³-hybridized carbons (Fsp3) is 0.278. The van der Waals surface area contributed by atoms with Gasteiger partial charge in [-0.15, -0.1) is 0 Å². The van der Waals surface area contributed by atoms with E-state index in [2.05, 4.69) is 41.7 Å². The van der Waals surface area contributed by atoms with Crippen molar-refractivity contribution in [1.82, 2.24) is 9.55 Å². The Balaban J connectivity index is 2.19. The third kappa shape index (κ3) is 2.23. The first kappa shape index (κ1) is 13.8. The topological polar surface area (TPSA) is 17.8 Å². The van der Waals surface area contributed by atoms with Crippen LogP contribution in [0.2, 0.25) is 0 Å². The molecular weight excluding hydrogens is 263 g/mol. The van der Waals surface area contributed by atoms with E-state index in [1.165, 1.54) is 16.5 Å². The lowest BCUT2D eigenvalue weighted by Crippen LogP contribution is -2.20. The molecule has 0 atom stereocenters. The van der Waals surface area contributed by atoms with E-state index in [-0.39, 0.29) is 5.41 Å². The van der Waals surface area contributed by atoms with Gasteiger partial charge in [0.2, 0.25) is 0 Å². The highest BCUT2D eigenvalue weighted by atomic mass is 19.1. The molecule has 0 spiro atoms. The summed E-state index contributed by atoms with van der Waals surface area (Å²) >= 11 is 0. The minimum Gasteiger partial charge on any atom is -0.350 e. The highest BCUT2D eigenvalue weighted by molar-refractivity contribution is 5.85. The Morgan fingerprint density at radius 2 is 1.86 bits per heavy atom. The molecule has 21 heavy (non-hydrogen) atoms. The smallest absolute Gasteiger partial charge is 0.131 e. The SMILES string of the molecule is Cn1cc(C(C)(C)c2cccc(CF)n2)c2ccccc21. The maximum atomic E-state index is 12.9. The first-order chi connectivity index (χ1) is 10.0. The predicted molar refractivity (Wildman–Crippen MR) is 84.1 cm³/mol. The van der Waals surface area contributed by atoms with Crippen LogP contribution in [0.1, 0.15) is 30.8 Å². The van der Waals surface area contributed by atoms with Gasteiger partial charge in [0.25, 0.3) is 0 Å². The second-order valence-electron chi connectivity index (χ2n) is 5.94. The molecule has 3 aromatic rings. The number of aryl methyl sites for hydroxylation is 1. The van der Waals surface area contributed by atoms with E-state index in [1.54, 1.807) is 6.07 Å². The molecule has 0 aliphatic rings. The molecule has 0 unspecified atom stereocenters. The largest absolute Gasteiger partial charge is 0.350 e. The van der Waals surface area contributed by atoms with Crippen LogP contribution in [0, 0.1) is 0 Å². The molecule has 1 aromatic carbocycles. The van der Waals surface area contributed by atoms with Crippen molar-refractivity contribution in [3.05, 3.63) is 65.6 Å². The van der Waals surface area contributed by atoms with Gasteiger partial charge < -0.3 is 4.57 Å². The van der Waals surface area contributed by atoms with Crippen molar-refractivity contribution in [3.63, 3.8) is 0 Å². The first-order valence-electron chi connectivity index (χ1n) is 7.11. The maximum absolute atomic E-state index is 12.9. The van der Waals surface area contributed by atoms with Crippen molar-refractivity contribution < 1.29 is 4.39 Å². The molecule has 0 radical (unpaired) electrons. The van der Waals surface area contributed by atoms with Crippen LogP contribution in [0.25, 0.3) is 10.9 Å². The van der Waals surface area contributed by atoms with Gasteiger partial charge >= 0.3 is 0 Å². The molecule has 2 nitrogen and oxygen atoms in total. The monoisotopic (exact) mass is 282 g/mol. The zero-order chi connectivity index (χ0) is 15.0. The Morgan fingerprint density at radius 1 is 1.10 bits per heavy atom. The van der Waals surface area contributed by atoms with E-state index in [0.717, 1.165) is 5.69 Å². The van der Waals surface area contributed by atoms with Gasteiger partial charge in [-0.05, 0) is 23.8 Å². The standard InChI is InChI=1S/C18H19FN2/c1-18(2,17-10-6-7-13(11-19)20-17)15-12-21(3)16-9-5-4-8-14(15)16/h4-10,12H,11H2,1-3H3. The van der Waals surface area contributed by atoms with E-state index in [9.17, 15) is 4.39 Å². The molecule has 0 N–H and O–H groups in total. The fourth-order valence-corrected chi connectivity index (χ4v) is 2.88. The Hall–Kier alpha value is -2.16. The molecule has 0 saturated heterocycles. The number of benzene rings is 1. The van der Waals surface area contributed by atoms with Gasteiger partial charge in [-0.25, -0.2) is 4.39 Å². The van der Waals surface area contributed by atoms with E-state index >= 15 is 0 Å². The summed E-state index contributed by atoms with van der Waals surface area (Å²) in [5, 5.41) is 1.22. The third-order valence-corrected chi connectivity index (χ3v) is 4.15. The van der Waals surface area contributed by atoms with Crippen LogP contribution < -0.4 is 0 Å². The van der Waals surface area contributed by atoms with E-state index in [1.807, 2.05) is 31.3 Å². The summed E-state index contributed by atoms with van der Waals surface area (Å²) in [5.41, 5.74) is 3.52. The molecule has 3 heteroatoms. The minimum atomic E-state index is -0.528. The number of alkyl halides is 1. The van der Waals surface area contributed by atoms with Crippen LogP contribution in [-0.4, -0.2) is 9.55 Å². The second-order valence-corrected chi connectivity index (χ2v) is 5.94. The lowest BCUT2D eigenvalue weighted by Gasteiger charge is -2.24. The van der Waals surface area contributed by atoms with Crippen LogP contribution in [-0.2, 0) is 19.1 Å². The van der Waals surface area contributed by atoms with Gasteiger partial charge in [-0.1, -0.05) is 38.1 Å². The van der Waals surface area contributed by atoms with Crippen LogP contribution in [0.5, 0.6) is 0 Å². The molecule has 0 amide bonds. The van der Waals surface area contributed by atoms with E-state index < -0.39 is 6.67 Å². The summed E-state index contributed by atoms with van der Waals surface area (Å²) in [6, 6.07) is 13.9. The zero-order valence-corrected chi connectivity index (χ0v) is 12.6. The third-order valence-electron chi connectivity index (χ3n) is 4.15. The van der Waals surface area contributed by atoms with Crippen molar-refractivity contribution in [3.8, 4) is 0 Å². The van der Waals surface area contributed by atoms with Crippen molar-refractivity contribution in [1.29, 1.82) is 0 Å². The number of para-hydroxylation sites is 1. The lowest BCUT2D eigenvalue weighted by atomic mass is 9.81. The van der Waals surface area contributed by atoms with Gasteiger partial charge in [0.15, 0.2) is 0 Å². The number of rotatable bonds is 3. The molecule has 0 saturated carbocycles. The summed E-state index contributed by atoms with van der Waals surface area (Å²) in [6.45, 7) is 3.75. The summed E-state index contributed by atoms with van der Waals surface area (Å²) in [5.74, 6) is 0. The molecule has 0 bridgehead atoms. The van der Waals surface area contributed by atoms with Crippen LogP contribution in [0.3, 0.4) is 0 Å². The van der Waals surface area contributed by atoms with Gasteiger partial charge in [-0.2, -0.15) is 0 Å². The number of fused-ring (bicyclic) bond motifs is 1. The predicted octanol–water partition coefficient (Wildman–Crippen LogP) is 4.37. The number of aromatic nitrogens is 2. The van der Waals surface area contributed by atoms with Crippen LogP contribution >= 0.6 is 0 Å². The maximum Gasteiger partial charge on any atom is 0.131 e. The average molecular weight is 282 g/mol. The lowest BCUT2D eigenvalue weighted by molar-refractivity contribution is 0.471. The molecular formula is C18H19FN2. The normalized spacial score (nSPS) is 12.0. The van der Waals surface area contributed by atoms with Gasteiger partial charge in [0.1, 0.15) is 6.67 Å². The number of pyridine rings is 1. The van der Waals surface area contributed by atoms with E-state index in [0.29, 0.717) is 5.69 Å². The van der Waals surface area contributed by atoms with Crippen LogP contribution in [0.15, 0.2) is 48.7 Å². The number of hydrogen-bond acceptors (Lipinski definition) is 1. The first-order valence-corrected chi connectivity index (χ1v) is 7.11. The highest BCUT2D eigenvalue weighted by Gasteiger charge is 2.28. The van der Waals surface area contributed by atoms with Crippen molar-refractivity contribution >= 4 is 10.9 Å². The van der Waals surface area contributed by atoms with Crippen molar-refractivity contribution in [2.45, 2.75) is 25.9 Å². The molecule has 2 heterocycles. The number of nitrogens with zero attached hydrogens (tertiary/aromatic N) is 2. The average Bonchev–Trinajstić information content (AvgIpc) is 2.86. The highest BCUT2D eigenvalue weighted by Crippen LogP contribution is 2.36. The van der Waals surface area contributed by atoms with Crippen molar-refractivity contribution in [2.24, 2.45) is 7.05 Å². The van der Waals surface area contributed by atoms with Gasteiger partial charge in [0, 0.05) is 29.6 Å². The Morgan fingerprint density at radius 3 is 2.62 bits per heavy atom. The van der Waals surface area contributed by atoms with E-state index in [4.69, 9.17) is 0 Å². The summed E-state index contributed by atoms with van der Waals surface area (Å²) in [6.07, 6.45) is 2.15. The fourth-order valence-electron chi connectivity index (χ4n) is 2.88. The summed E-state index contributed by atoms with van der Waals surface area (Å²) < 4.78 is 15.0. The second kappa shape index (κ2) is 4.99. The molecule has 0 aliphatic heterocycles. The zero-order valence-electron chi connectivity index (χ0n) is 12.6. The Bertz CT molecular complexity index is 787. The van der Waals surface area contributed by atoms with Crippen LogP contribution in [0.4, 0.5) is 4.39 Å². The molecule has 2 aromatic heterocycles. The number of hydrogen-bond donors (Lipinski definition) is 0. The molecule has 0 fully saturated rings. The van der Waals surface area contributed by atoms with Crippen molar-refractivity contribution in [2.75, 3.05) is 0 Å². The Labute approximate surface area is 124 Å². The minimum absolute atomic E-state index is 0.272. The summed E-state index contributed by atoms with van der Waals surface area (Å²) in [4.78, 5) is 4.47. The molecule has 0 aliphatic carbocycles. The number of halogens is 1. The molecule has 108 valence electrons. The summed E-state index contributed by atoms with van der Waals surface area (Å²) in [7, 11) is 2.05. The van der Waals surface area contributed by atoms with Gasteiger partial charge in [0.05, 0.1) is 11.4 Å². The quantitative estimate of drug-likeness (QED) is 0.697. The van der Waals surface area contributed by atoms with Gasteiger partial charge in [-0.3, -0.25) is 4.98 Å². The molecule has 3 rings (SSSR count). The Kier molecular flexibility index (Phi) is 3.28.